The molecule has 7 heteroatoms. The lowest BCUT2D eigenvalue weighted by Crippen LogP contribution is -2.77. The number of fused-ring (bicyclic) bond motifs is 6. The number of piperidine rings is 2. The van der Waals surface area contributed by atoms with Crippen LogP contribution in [0, 0.1) is 46.3 Å². The predicted molar refractivity (Wildman–Crippen MR) is 230 cm³/mol. The second kappa shape index (κ2) is 12.7. The summed E-state index contributed by atoms with van der Waals surface area (Å²) in [5, 5.41) is 0. The van der Waals surface area contributed by atoms with Crippen molar-refractivity contribution in [3.8, 4) is 0 Å². The summed E-state index contributed by atoms with van der Waals surface area (Å²) in [6.07, 6.45) is 20.9. The van der Waals surface area contributed by atoms with Gasteiger partial charge in [0.15, 0.2) is 5.60 Å². The van der Waals surface area contributed by atoms with Crippen LogP contribution in [0.3, 0.4) is 0 Å². The van der Waals surface area contributed by atoms with Crippen molar-refractivity contribution in [3.05, 3.63) is 128 Å². The summed E-state index contributed by atoms with van der Waals surface area (Å²) in [5.41, 5.74) is 16.0. The average molecular weight is 802 g/mol. The highest BCUT2D eigenvalue weighted by Crippen LogP contribution is 2.87. The number of allylic oxidation sites excluding steroid dienone is 5. The Kier molecular flexibility index (Phi) is 7.71. The monoisotopic (exact) mass is 801 g/mol. The summed E-state index contributed by atoms with van der Waals surface area (Å²) >= 11 is 0. The van der Waals surface area contributed by atoms with Crippen molar-refractivity contribution >= 4 is 11.9 Å². The van der Waals surface area contributed by atoms with E-state index in [1.54, 1.807) is 5.70 Å². The number of carbonyl (C=O) groups excluding carboxylic acids is 2. The van der Waals surface area contributed by atoms with Crippen LogP contribution in [0.15, 0.2) is 101 Å². The van der Waals surface area contributed by atoms with E-state index in [4.69, 9.17) is 15.2 Å². The van der Waals surface area contributed by atoms with Gasteiger partial charge in [-0.1, -0.05) is 85.2 Å². The van der Waals surface area contributed by atoms with Crippen molar-refractivity contribution < 1.29 is 19.1 Å². The van der Waals surface area contributed by atoms with Crippen LogP contribution in [0.25, 0.3) is 0 Å². The zero-order valence-electron chi connectivity index (χ0n) is 35.4. The molecule has 3 saturated heterocycles. The standard InChI is InChI=1S/C53H59N3O4/c1-30-22-36-16-17-42-38-25-34-27-55(29-38)31(2)15-18-44-51-20-19-39-41-26-37(45(30)47(39)48(36)56(42)28-34)24-33-10-5-9-32(23-33)8-3-4-14-43(52(41,51)50(58)59-44)53(51)40-13-6-11-35(12-7-21-54)46(40)49(57)60-53/h5-6,9-11,13,16-18,23,26,30-31,34,38,42-43,45,47H,3-4,7-8,12,14-15,19-22,24-25,27-29,54H2,1-2H3/b44-18+/t30-,31+,34+,38-,42+,43+,45+,47+,51-,52+,53-/m1/s1. The number of hydrogen-bond acceptors (Lipinski definition) is 7. The van der Waals surface area contributed by atoms with Gasteiger partial charge in [0.25, 0.3) is 0 Å². The minimum Gasteiger partial charge on any atom is -0.449 e. The topological polar surface area (TPSA) is 85.1 Å². The zero-order valence-corrected chi connectivity index (χ0v) is 35.4. The lowest BCUT2D eigenvalue weighted by atomic mass is 9.29. The van der Waals surface area contributed by atoms with E-state index in [0.29, 0.717) is 47.9 Å². The summed E-state index contributed by atoms with van der Waals surface area (Å²) in [5.74, 6) is 2.44. The van der Waals surface area contributed by atoms with Gasteiger partial charge in [0.1, 0.15) is 11.2 Å². The Labute approximate surface area is 354 Å². The Hall–Kier alpha value is -4.20. The fourth-order valence-corrected chi connectivity index (χ4v) is 16.3. The normalized spacial score (nSPS) is 42.1. The molecule has 0 radical (unpaired) electrons. The van der Waals surface area contributed by atoms with Crippen LogP contribution in [0.2, 0.25) is 0 Å². The first kappa shape index (κ1) is 36.5. The number of nitrogens with two attached hydrogens (primary N) is 1. The summed E-state index contributed by atoms with van der Waals surface area (Å²) in [6, 6.07) is 16.5. The molecule has 9 heterocycles. The summed E-state index contributed by atoms with van der Waals surface area (Å²) in [4.78, 5) is 36.3. The van der Waals surface area contributed by atoms with Crippen molar-refractivity contribution in [2.24, 2.45) is 52.1 Å². The lowest BCUT2D eigenvalue weighted by molar-refractivity contribution is -0.275. The smallest absolute Gasteiger partial charge is 0.339 e. The molecule has 14 aliphatic rings. The number of benzene rings is 2. The van der Waals surface area contributed by atoms with Crippen LogP contribution in [-0.2, 0) is 39.1 Å². The Morgan fingerprint density at radius 2 is 1.88 bits per heavy atom. The molecule has 5 aliphatic carbocycles. The number of nitrogens with zero attached hydrogens (tertiary/aromatic N) is 2. The third-order valence-corrected chi connectivity index (χ3v) is 18.3. The van der Waals surface area contributed by atoms with Gasteiger partial charge in [0.05, 0.1) is 17.0 Å². The van der Waals surface area contributed by atoms with E-state index in [1.807, 2.05) is 0 Å². The molecule has 12 atom stereocenters. The molecule has 0 aromatic heterocycles. The third-order valence-electron chi connectivity index (χ3n) is 18.3. The first-order chi connectivity index (χ1) is 29.3. The molecule has 15 bridgehead atoms. The maximum Gasteiger partial charge on any atom is 0.339 e. The first-order valence-corrected chi connectivity index (χ1v) is 23.7. The molecule has 0 amide bonds. The fraction of sp³-hybridized carbons (Fsp3) is 0.547. The number of aryl methyl sites for hydroxylation is 2. The molecule has 2 aromatic rings. The van der Waals surface area contributed by atoms with E-state index in [0.717, 1.165) is 107 Å². The summed E-state index contributed by atoms with van der Waals surface area (Å²) < 4.78 is 14.2. The van der Waals surface area contributed by atoms with Crippen LogP contribution in [-0.4, -0.2) is 60.0 Å². The minimum atomic E-state index is -1.00. The number of carbonyl (C=O) groups is 2. The molecule has 4 fully saturated rings. The highest BCUT2D eigenvalue weighted by Gasteiger charge is 2.92. The van der Waals surface area contributed by atoms with Crippen molar-refractivity contribution in [1.82, 2.24) is 9.80 Å². The summed E-state index contributed by atoms with van der Waals surface area (Å²) in [6.45, 7) is 8.75. The van der Waals surface area contributed by atoms with E-state index in [-0.39, 0.29) is 23.8 Å². The van der Waals surface area contributed by atoms with E-state index < -0.39 is 16.4 Å². The van der Waals surface area contributed by atoms with Crippen LogP contribution in [0.1, 0.15) is 104 Å². The maximum atomic E-state index is 15.9. The number of esters is 2. The molecule has 2 N–H and O–H groups in total. The molecule has 60 heavy (non-hydrogen) atoms. The Morgan fingerprint density at radius 1 is 1.00 bits per heavy atom. The molecule has 9 aliphatic heterocycles. The van der Waals surface area contributed by atoms with Gasteiger partial charge in [-0.25, -0.2) is 4.79 Å². The quantitative estimate of drug-likeness (QED) is 0.312. The highest BCUT2D eigenvalue weighted by atomic mass is 16.6. The van der Waals surface area contributed by atoms with Gasteiger partial charge in [-0.15, -0.1) is 0 Å². The van der Waals surface area contributed by atoms with Gasteiger partial charge in [-0.05, 0) is 142 Å². The van der Waals surface area contributed by atoms with E-state index in [9.17, 15) is 4.79 Å². The maximum absolute atomic E-state index is 15.9. The molecule has 16 rings (SSSR count). The van der Waals surface area contributed by atoms with Gasteiger partial charge in [-0.2, -0.15) is 0 Å². The van der Waals surface area contributed by atoms with E-state index >= 15 is 4.79 Å². The number of rotatable bonds is 3. The summed E-state index contributed by atoms with van der Waals surface area (Å²) in [7, 11) is 0. The average Bonchev–Trinajstić information content (AvgIpc) is 3.69. The highest BCUT2D eigenvalue weighted by molar-refractivity contribution is 6.00. The lowest BCUT2D eigenvalue weighted by Gasteiger charge is -2.71. The number of hydrogen-bond donors (Lipinski definition) is 1. The molecule has 1 unspecified atom stereocenters. The van der Waals surface area contributed by atoms with Gasteiger partial charge in [0, 0.05) is 48.8 Å². The van der Waals surface area contributed by atoms with E-state index in [2.05, 4.69) is 90.4 Å². The van der Waals surface area contributed by atoms with Crippen LogP contribution in [0.5, 0.6) is 0 Å². The Balaban J connectivity index is 1.12. The Bertz CT molecular complexity index is 2440. The van der Waals surface area contributed by atoms with Gasteiger partial charge >= 0.3 is 11.9 Å². The molecule has 3 spiro atoms. The van der Waals surface area contributed by atoms with Crippen molar-refractivity contribution in [2.75, 3.05) is 26.2 Å². The first-order valence-electron chi connectivity index (χ1n) is 23.7. The van der Waals surface area contributed by atoms with Gasteiger partial charge in [0.2, 0.25) is 0 Å². The molecule has 310 valence electrons. The molecule has 7 nitrogen and oxygen atoms in total. The predicted octanol–water partition coefficient (Wildman–Crippen LogP) is 8.50. The minimum absolute atomic E-state index is 0.105. The van der Waals surface area contributed by atoms with Crippen LogP contribution in [0.4, 0.5) is 0 Å². The zero-order chi connectivity index (χ0) is 40.3. The molecular formula is C53H59N3O4. The van der Waals surface area contributed by atoms with Gasteiger partial charge in [-0.3, -0.25) is 9.69 Å². The molecule has 1 saturated carbocycles. The van der Waals surface area contributed by atoms with Crippen molar-refractivity contribution in [1.29, 1.82) is 0 Å². The van der Waals surface area contributed by atoms with Crippen molar-refractivity contribution in [3.63, 3.8) is 0 Å². The van der Waals surface area contributed by atoms with Crippen molar-refractivity contribution in [2.45, 2.75) is 109 Å². The largest absolute Gasteiger partial charge is 0.449 e. The fourth-order valence-electron chi connectivity index (χ4n) is 16.3. The van der Waals surface area contributed by atoms with Gasteiger partial charge < -0.3 is 20.1 Å². The number of ether oxygens (including phenoxy) is 2. The second-order valence-corrected chi connectivity index (χ2v) is 21.0. The Morgan fingerprint density at radius 3 is 2.78 bits per heavy atom. The second-order valence-electron chi connectivity index (χ2n) is 21.0. The van der Waals surface area contributed by atoms with Crippen LogP contribution < -0.4 is 5.73 Å². The molecular weight excluding hydrogens is 743 g/mol. The van der Waals surface area contributed by atoms with E-state index in [1.165, 1.54) is 39.8 Å². The third kappa shape index (κ3) is 4.34. The SMILES string of the molecule is C[C@@H]1CC2=C3[C@H]4C5=C6C=C(Cc7cccc(c7)CCCC[C@H]7[C@]68C(=O)O/C(=C/C[C@H](C)N6C[C@@H]9C[C@H](C6)[C@H](C=C2)N3C9)[C@@]8(CC5)[C@]72OC(=O)c3c(CCCN)cccc32)[C@@H]41. The van der Waals surface area contributed by atoms with Crippen LogP contribution >= 0.6 is 0 Å². The molecule has 2 aromatic carbocycles.